The quantitative estimate of drug-likeness (QED) is 0.556. The second kappa shape index (κ2) is 9.18. The van der Waals surface area contributed by atoms with E-state index in [1.165, 1.54) is 6.20 Å². The zero-order valence-electron chi connectivity index (χ0n) is 18.1. The number of aromatic nitrogens is 1. The average Bonchev–Trinajstić information content (AvgIpc) is 3.57. The van der Waals surface area contributed by atoms with Crippen LogP contribution in [-0.2, 0) is 16.0 Å². The van der Waals surface area contributed by atoms with Gasteiger partial charge in [0.1, 0.15) is 17.9 Å². The minimum atomic E-state index is -4.65. The monoisotopic (exact) mass is 467 g/mol. The van der Waals surface area contributed by atoms with E-state index in [2.05, 4.69) is 10.3 Å². The molecule has 2 saturated carbocycles. The topological polar surface area (TPSA) is 117 Å². The summed E-state index contributed by atoms with van der Waals surface area (Å²) in [4.78, 5) is 43.1. The molecule has 2 heterocycles. The maximum absolute atomic E-state index is 13.8. The molecule has 4 rings (SSSR count). The number of imide groups is 1. The number of nitrogens with one attached hydrogen (secondary N) is 2. The number of hydrogen-bond donors (Lipinski definition) is 3. The van der Waals surface area contributed by atoms with Crippen molar-refractivity contribution in [2.45, 2.75) is 75.7 Å². The molecular formula is C22H28F3N5O3. The highest BCUT2D eigenvalue weighted by Crippen LogP contribution is 2.36. The van der Waals surface area contributed by atoms with Crippen LogP contribution < -0.4 is 16.4 Å². The maximum Gasteiger partial charge on any atom is 0.408 e. The third kappa shape index (κ3) is 5.22. The number of hydrogen-bond acceptors (Lipinski definition) is 5. The largest absolute Gasteiger partial charge is 0.408 e. The number of nitrogens with two attached hydrogens (primary N) is 1. The van der Waals surface area contributed by atoms with Crippen molar-refractivity contribution in [3.05, 3.63) is 23.9 Å². The van der Waals surface area contributed by atoms with E-state index in [4.69, 9.17) is 5.73 Å². The number of anilines is 1. The zero-order chi connectivity index (χ0) is 23.8. The summed E-state index contributed by atoms with van der Waals surface area (Å²) in [6.45, 7) is 0. The minimum absolute atomic E-state index is 0.0273. The van der Waals surface area contributed by atoms with E-state index in [0.29, 0.717) is 36.1 Å². The van der Waals surface area contributed by atoms with Crippen molar-refractivity contribution in [2.24, 2.45) is 11.8 Å². The van der Waals surface area contributed by atoms with Crippen LogP contribution >= 0.6 is 0 Å². The maximum atomic E-state index is 13.8. The number of halogens is 3. The van der Waals surface area contributed by atoms with Gasteiger partial charge in [0, 0.05) is 12.2 Å². The summed E-state index contributed by atoms with van der Waals surface area (Å²) in [5, 5.41) is 4.80. The summed E-state index contributed by atoms with van der Waals surface area (Å²) >= 11 is 0. The minimum Gasteiger partial charge on any atom is -0.384 e. The molecule has 0 aromatic carbocycles. The van der Waals surface area contributed by atoms with Gasteiger partial charge in [-0.2, -0.15) is 13.2 Å². The first kappa shape index (κ1) is 23.3. The number of nitrogens with zero attached hydrogens (tertiary/aromatic N) is 2. The average molecular weight is 467 g/mol. The van der Waals surface area contributed by atoms with Gasteiger partial charge in [-0.1, -0.05) is 19.3 Å². The number of alkyl halides is 3. The van der Waals surface area contributed by atoms with Gasteiger partial charge in [0.05, 0.1) is 5.92 Å². The Bertz CT molecular complexity index is 915. The van der Waals surface area contributed by atoms with Gasteiger partial charge in [0.25, 0.3) is 0 Å². The molecule has 0 radical (unpaired) electrons. The Morgan fingerprint density at radius 2 is 1.88 bits per heavy atom. The van der Waals surface area contributed by atoms with Gasteiger partial charge in [-0.15, -0.1) is 0 Å². The number of β-lactam (4-membered cyclic amide) rings is 1. The molecule has 0 bridgehead atoms. The van der Waals surface area contributed by atoms with Gasteiger partial charge in [-0.3, -0.25) is 14.5 Å². The molecule has 11 heteroatoms. The van der Waals surface area contributed by atoms with Crippen molar-refractivity contribution in [3.63, 3.8) is 0 Å². The molecule has 3 fully saturated rings. The molecular weight excluding hydrogens is 439 g/mol. The van der Waals surface area contributed by atoms with E-state index in [-0.39, 0.29) is 18.3 Å². The summed E-state index contributed by atoms with van der Waals surface area (Å²) in [6.07, 6.45) is 1.45. The van der Waals surface area contributed by atoms with Crippen LogP contribution in [0.25, 0.3) is 0 Å². The van der Waals surface area contributed by atoms with E-state index < -0.39 is 47.9 Å². The lowest BCUT2D eigenvalue weighted by Crippen LogP contribution is -2.71. The normalized spacial score (nSPS) is 24.7. The molecule has 2 aliphatic carbocycles. The Morgan fingerprint density at radius 3 is 2.48 bits per heavy atom. The molecule has 4 amide bonds. The van der Waals surface area contributed by atoms with Crippen molar-refractivity contribution in [1.29, 1.82) is 0 Å². The van der Waals surface area contributed by atoms with Crippen molar-refractivity contribution in [3.8, 4) is 0 Å². The van der Waals surface area contributed by atoms with Crippen LogP contribution in [0.3, 0.4) is 0 Å². The molecule has 1 aliphatic heterocycles. The lowest BCUT2D eigenvalue weighted by molar-refractivity contribution is -0.170. The molecule has 0 spiro atoms. The summed E-state index contributed by atoms with van der Waals surface area (Å²) < 4.78 is 41.3. The number of nitrogen functional groups attached to an aromatic ring is 1. The fraction of sp³-hybridized carbons (Fsp3) is 0.636. The van der Waals surface area contributed by atoms with Crippen molar-refractivity contribution in [2.75, 3.05) is 5.73 Å². The van der Waals surface area contributed by atoms with Gasteiger partial charge in [-0.25, -0.2) is 9.78 Å². The third-order valence-corrected chi connectivity index (χ3v) is 6.68. The smallest absolute Gasteiger partial charge is 0.384 e. The first-order chi connectivity index (χ1) is 15.6. The predicted molar refractivity (Wildman–Crippen MR) is 113 cm³/mol. The van der Waals surface area contributed by atoms with Gasteiger partial charge < -0.3 is 16.4 Å². The number of likely N-dealkylation sites (tertiary alicyclic amines) is 1. The lowest BCUT2D eigenvalue weighted by atomic mass is 9.81. The Labute approximate surface area is 189 Å². The molecule has 180 valence electrons. The molecule has 1 aromatic heterocycles. The number of urea groups is 1. The highest BCUT2D eigenvalue weighted by atomic mass is 19.4. The fourth-order valence-corrected chi connectivity index (χ4v) is 4.80. The second-order valence-electron chi connectivity index (χ2n) is 9.20. The zero-order valence-corrected chi connectivity index (χ0v) is 18.1. The van der Waals surface area contributed by atoms with Crippen molar-refractivity contribution in [1.82, 2.24) is 20.5 Å². The van der Waals surface area contributed by atoms with Crippen molar-refractivity contribution >= 4 is 23.7 Å². The van der Waals surface area contributed by atoms with Gasteiger partial charge in [-0.05, 0) is 55.7 Å². The molecule has 3 atom stereocenters. The molecule has 33 heavy (non-hydrogen) atoms. The Kier molecular flexibility index (Phi) is 6.49. The third-order valence-electron chi connectivity index (χ3n) is 6.68. The molecule has 1 unspecified atom stereocenters. The van der Waals surface area contributed by atoms with Gasteiger partial charge in [0.15, 0.2) is 0 Å². The van der Waals surface area contributed by atoms with Crippen LogP contribution in [0.1, 0.15) is 50.5 Å². The highest BCUT2D eigenvalue weighted by molar-refractivity contribution is 6.09. The van der Waals surface area contributed by atoms with Crippen LogP contribution in [0.4, 0.5) is 23.8 Å². The van der Waals surface area contributed by atoms with Gasteiger partial charge >= 0.3 is 12.2 Å². The number of rotatable bonds is 6. The lowest BCUT2D eigenvalue weighted by Gasteiger charge is -2.45. The first-order valence-electron chi connectivity index (χ1n) is 11.4. The first-order valence-corrected chi connectivity index (χ1v) is 11.4. The summed E-state index contributed by atoms with van der Waals surface area (Å²) in [7, 11) is 0. The number of carbonyl (C=O) groups is 3. The molecule has 1 saturated heterocycles. The van der Waals surface area contributed by atoms with Crippen molar-refractivity contribution < 1.29 is 27.6 Å². The molecule has 1 aromatic rings. The predicted octanol–water partition coefficient (Wildman–Crippen LogP) is 2.53. The number of carbonyl (C=O) groups excluding carboxylic acids is 3. The summed E-state index contributed by atoms with van der Waals surface area (Å²) in [5.74, 6) is -2.57. The fourth-order valence-electron chi connectivity index (χ4n) is 4.80. The summed E-state index contributed by atoms with van der Waals surface area (Å²) in [6, 6.07) is -1.22. The number of pyridine rings is 1. The Morgan fingerprint density at radius 1 is 1.18 bits per heavy atom. The Hall–Kier alpha value is -2.85. The second-order valence-corrected chi connectivity index (χ2v) is 9.20. The van der Waals surface area contributed by atoms with E-state index in [1.54, 1.807) is 12.1 Å². The molecule has 8 nitrogen and oxygen atoms in total. The van der Waals surface area contributed by atoms with E-state index in [0.717, 1.165) is 19.3 Å². The molecule has 3 aliphatic rings. The van der Waals surface area contributed by atoms with Crippen LogP contribution in [0, 0.1) is 11.8 Å². The number of amides is 4. The SMILES string of the molecule is Nc1cc(C[C@H]2C(=O)N(C(=O)NC(C3CCCCC3)C(F)(F)F)[C@@H]2C(=O)NC2CC2)ccn1. The Balaban J connectivity index is 1.51. The van der Waals surface area contributed by atoms with Crippen LogP contribution in [0.2, 0.25) is 0 Å². The summed E-state index contributed by atoms with van der Waals surface area (Å²) in [5.41, 5.74) is 6.34. The van der Waals surface area contributed by atoms with Crippen LogP contribution in [-0.4, -0.2) is 52.0 Å². The van der Waals surface area contributed by atoms with Crippen LogP contribution in [0.5, 0.6) is 0 Å². The van der Waals surface area contributed by atoms with Crippen LogP contribution in [0.15, 0.2) is 18.3 Å². The standard InChI is InChI=1S/C22H28F3N5O3/c23-22(24,25)18(13-4-2-1-3-5-13)29-21(33)30-17(19(31)28-14-6-7-14)15(20(30)32)10-12-8-9-27-16(26)11-12/h8-9,11,13-15,17-18H,1-7,10H2,(H2,26,27)(H,28,31)(H,29,33)/t15-,17+,18?/m1/s1. The van der Waals surface area contributed by atoms with E-state index in [1.807, 2.05) is 5.32 Å². The highest BCUT2D eigenvalue weighted by Gasteiger charge is 2.56. The molecule has 4 N–H and O–H groups in total. The van der Waals surface area contributed by atoms with E-state index in [9.17, 15) is 27.6 Å². The van der Waals surface area contributed by atoms with Gasteiger partial charge in [0.2, 0.25) is 11.8 Å². The van der Waals surface area contributed by atoms with E-state index >= 15 is 0 Å².